The smallest absolute Gasteiger partial charge is 0.257 e. The van der Waals surface area contributed by atoms with E-state index in [4.69, 9.17) is 4.52 Å². The number of carbonyl (C=O) groups is 1. The van der Waals surface area contributed by atoms with Gasteiger partial charge in [-0.25, -0.2) is 4.98 Å². The minimum atomic E-state index is -0.0645. The van der Waals surface area contributed by atoms with Crippen LogP contribution in [-0.2, 0) is 13.1 Å². The van der Waals surface area contributed by atoms with Gasteiger partial charge in [0, 0.05) is 25.2 Å². The molecule has 0 spiro atoms. The fraction of sp³-hybridized carbons (Fsp3) is 0.438. The van der Waals surface area contributed by atoms with E-state index in [2.05, 4.69) is 38.8 Å². The average molecular weight is 326 g/mol. The van der Waals surface area contributed by atoms with Crippen molar-refractivity contribution in [1.82, 2.24) is 29.8 Å². The number of pyridine rings is 1. The molecule has 0 saturated heterocycles. The Hall–Kier alpha value is -2.77. The van der Waals surface area contributed by atoms with Crippen LogP contribution in [0.15, 0.2) is 16.8 Å². The number of aryl methyl sites for hydroxylation is 1. The average Bonchev–Trinajstić information content (AvgIpc) is 3.17. The number of aromatic nitrogens is 5. The molecule has 3 aromatic heterocycles. The molecule has 0 radical (unpaired) electrons. The molecule has 24 heavy (non-hydrogen) atoms. The molecule has 3 aromatic rings. The second-order valence-electron chi connectivity index (χ2n) is 6.35. The molecule has 1 aliphatic heterocycles. The second kappa shape index (κ2) is 5.40. The van der Waals surface area contributed by atoms with E-state index < -0.39 is 0 Å². The van der Waals surface area contributed by atoms with E-state index in [-0.39, 0.29) is 5.91 Å². The number of rotatable bonds is 2. The first-order chi connectivity index (χ1) is 11.5. The van der Waals surface area contributed by atoms with Gasteiger partial charge in [0.05, 0.1) is 23.2 Å². The van der Waals surface area contributed by atoms with E-state index in [1.165, 1.54) is 6.20 Å². The Morgan fingerprint density at radius 2 is 2.12 bits per heavy atom. The topological polar surface area (TPSA) is 89.9 Å². The van der Waals surface area contributed by atoms with Gasteiger partial charge in [-0.05, 0) is 13.0 Å². The summed E-state index contributed by atoms with van der Waals surface area (Å²) in [6.45, 7) is 7.82. The lowest BCUT2D eigenvalue weighted by Gasteiger charge is -2.28. The first-order valence-electron chi connectivity index (χ1n) is 7.98. The molecule has 1 amide bonds. The molecule has 1 aliphatic rings. The van der Waals surface area contributed by atoms with E-state index in [0.29, 0.717) is 36.8 Å². The normalized spacial score (nSPS) is 14.4. The van der Waals surface area contributed by atoms with Gasteiger partial charge in [0.15, 0.2) is 5.82 Å². The van der Waals surface area contributed by atoms with Crippen molar-refractivity contribution < 1.29 is 9.32 Å². The molecule has 0 aromatic carbocycles. The summed E-state index contributed by atoms with van der Waals surface area (Å²) in [6.07, 6.45) is 1.54. The quantitative estimate of drug-likeness (QED) is 0.714. The summed E-state index contributed by atoms with van der Waals surface area (Å²) in [6, 6.07) is 1.79. The lowest BCUT2D eigenvalue weighted by atomic mass is 10.1. The number of nitrogens with zero attached hydrogens (tertiary/aromatic N) is 6. The number of fused-ring (bicyclic) bond motifs is 2. The van der Waals surface area contributed by atoms with Gasteiger partial charge < -0.3 is 14.0 Å². The van der Waals surface area contributed by atoms with Crippen LogP contribution in [0.5, 0.6) is 0 Å². The monoisotopic (exact) mass is 326 g/mol. The molecular weight excluding hydrogens is 308 g/mol. The molecule has 8 nitrogen and oxygen atoms in total. The van der Waals surface area contributed by atoms with Crippen molar-refractivity contribution in [2.75, 3.05) is 6.54 Å². The van der Waals surface area contributed by atoms with Crippen molar-refractivity contribution >= 4 is 17.0 Å². The van der Waals surface area contributed by atoms with Crippen LogP contribution in [-0.4, -0.2) is 42.3 Å². The summed E-state index contributed by atoms with van der Waals surface area (Å²) in [5.41, 5.74) is 1.71. The Balaban J connectivity index is 1.61. The Kier molecular flexibility index (Phi) is 3.33. The van der Waals surface area contributed by atoms with Crippen LogP contribution in [0.25, 0.3) is 11.1 Å². The van der Waals surface area contributed by atoms with Crippen molar-refractivity contribution in [1.29, 1.82) is 0 Å². The van der Waals surface area contributed by atoms with Gasteiger partial charge >= 0.3 is 0 Å². The van der Waals surface area contributed by atoms with Gasteiger partial charge in [-0.3, -0.25) is 4.79 Å². The van der Waals surface area contributed by atoms with Gasteiger partial charge in [0.2, 0.25) is 0 Å². The molecule has 8 heteroatoms. The maximum Gasteiger partial charge on any atom is 0.257 e. The summed E-state index contributed by atoms with van der Waals surface area (Å²) in [7, 11) is 0. The number of amides is 1. The lowest BCUT2D eigenvalue weighted by Crippen LogP contribution is -2.38. The predicted octanol–water partition coefficient (Wildman–Crippen LogP) is 1.90. The molecule has 4 heterocycles. The van der Waals surface area contributed by atoms with Gasteiger partial charge in [-0.1, -0.05) is 19.0 Å². The number of carbonyl (C=O) groups excluding carboxylic acids is 1. The molecule has 0 unspecified atom stereocenters. The van der Waals surface area contributed by atoms with Crippen LogP contribution >= 0.6 is 0 Å². The zero-order valence-electron chi connectivity index (χ0n) is 13.9. The maximum atomic E-state index is 12.8. The van der Waals surface area contributed by atoms with Crippen molar-refractivity contribution in [2.24, 2.45) is 0 Å². The number of hydrogen-bond donors (Lipinski definition) is 0. The highest BCUT2D eigenvalue weighted by Crippen LogP contribution is 2.21. The first-order valence-corrected chi connectivity index (χ1v) is 7.98. The van der Waals surface area contributed by atoms with Crippen LogP contribution in [0.4, 0.5) is 0 Å². The van der Waals surface area contributed by atoms with Crippen LogP contribution in [0.2, 0.25) is 0 Å². The van der Waals surface area contributed by atoms with Crippen LogP contribution in [0, 0.1) is 6.92 Å². The SMILES string of the molecule is Cc1noc2ncc(C(=O)N3CCn4c(nnc4C(C)C)C3)cc12. The molecule has 0 N–H and O–H groups in total. The highest BCUT2D eigenvalue weighted by Gasteiger charge is 2.26. The van der Waals surface area contributed by atoms with Crippen LogP contribution < -0.4 is 0 Å². The maximum absolute atomic E-state index is 12.8. The minimum Gasteiger partial charge on any atom is -0.336 e. The highest BCUT2D eigenvalue weighted by atomic mass is 16.5. The van der Waals surface area contributed by atoms with Crippen molar-refractivity contribution in [3.05, 3.63) is 35.2 Å². The summed E-state index contributed by atoms with van der Waals surface area (Å²) in [4.78, 5) is 18.8. The summed E-state index contributed by atoms with van der Waals surface area (Å²) >= 11 is 0. The molecular formula is C16H18N6O2. The van der Waals surface area contributed by atoms with Crippen molar-refractivity contribution in [2.45, 2.75) is 39.8 Å². The third-order valence-electron chi connectivity index (χ3n) is 4.34. The van der Waals surface area contributed by atoms with E-state index in [0.717, 1.165) is 22.7 Å². The lowest BCUT2D eigenvalue weighted by molar-refractivity contribution is 0.0706. The Morgan fingerprint density at radius 3 is 2.92 bits per heavy atom. The second-order valence-corrected chi connectivity index (χ2v) is 6.35. The zero-order chi connectivity index (χ0) is 16.8. The van der Waals surface area contributed by atoms with Gasteiger partial charge in [-0.2, -0.15) is 0 Å². The Labute approximate surface area is 138 Å². The molecule has 124 valence electrons. The third-order valence-corrected chi connectivity index (χ3v) is 4.34. The summed E-state index contributed by atoms with van der Waals surface area (Å²) in [5.74, 6) is 2.05. The van der Waals surface area contributed by atoms with Gasteiger partial charge in [0.25, 0.3) is 11.6 Å². The highest BCUT2D eigenvalue weighted by molar-refractivity contribution is 5.97. The minimum absolute atomic E-state index is 0.0645. The fourth-order valence-corrected chi connectivity index (χ4v) is 3.03. The molecule has 0 atom stereocenters. The van der Waals surface area contributed by atoms with Crippen molar-refractivity contribution in [3.63, 3.8) is 0 Å². The van der Waals surface area contributed by atoms with Gasteiger partial charge in [0.1, 0.15) is 5.82 Å². The Morgan fingerprint density at radius 1 is 1.29 bits per heavy atom. The predicted molar refractivity (Wildman–Crippen MR) is 85.4 cm³/mol. The summed E-state index contributed by atoms with van der Waals surface area (Å²) in [5, 5.41) is 13.1. The standard InChI is InChI=1S/C16H18N6O2/c1-9(2)14-19-18-13-8-21(4-5-22(13)14)16(23)11-6-12-10(3)20-24-15(12)17-7-11/h6-7,9H,4-5,8H2,1-3H3. The summed E-state index contributed by atoms with van der Waals surface area (Å²) < 4.78 is 7.20. The van der Waals surface area contributed by atoms with E-state index in [1.54, 1.807) is 11.0 Å². The molecule has 0 fully saturated rings. The molecule has 4 rings (SSSR count). The first kappa shape index (κ1) is 14.8. The Bertz CT molecular complexity index is 926. The van der Waals surface area contributed by atoms with Crippen LogP contribution in [0.3, 0.4) is 0 Å². The van der Waals surface area contributed by atoms with Crippen LogP contribution in [0.1, 0.15) is 47.5 Å². The fourth-order valence-electron chi connectivity index (χ4n) is 3.03. The van der Waals surface area contributed by atoms with Crippen molar-refractivity contribution in [3.8, 4) is 0 Å². The van der Waals surface area contributed by atoms with Gasteiger partial charge in [-0.15, -0.1) is 10.2 Å². The number of hydrogen-bond acceptors (Lipinski definition) is 6. The van der Waals surface area contributed by atoms with E-state index >= 15 is 0 Å². The molecule has 0 bridgehead atoms. The zero-order valence-corrected chi connectivity index (χ0v) is 13.9. The largest absolute Gasteiger partial charge is 0.336 e. The molecule has 0 saturated carbocycles. The molecule has 0 aliphatic carbocycles. The third kappa shape index (κ3) is 2.26. The van der Waals surface area contributed by atoms with E-state index in [9.17, 15) is 4.79 Å². The van der Waals surface area contributed by atoms with E-state index in [1.807, 2.05) is 6.92 Å².